The van der Waals surface area contributed by atoms with E-state index in [1.54, 1.807) is 0 Å². The molecule has 0 bridgehead atoms. The van der Waals surface area contributed by atoms with Crippen LogP contribution < -0.4 is 0 Å². The van der Waals surface area contributed by atoms with E-state index in [2.05, 4.69) is 34.7 Å². The minimum atomic E-state index is 0.652. The third-order valence-corrected chi connectivity index (χ3v) is 5.80. The smallest absolute Gasteiger partial charge is 0.0100 e. The lowest BCUT2D eigenvalue weighted by atomic mass is 10.0. The summed E-state index contributed by atoms with van der Waals surface area (Å²) in [6.45, 7) is 7.39. The molecule has 17 heavy (non-hydrogen) atoms. The lowest BCUT2D eigenvalue weighted by Crippen LogP contribution is -2.39. The van der Waals surface area contributed by atoms with E-state index in [1.165, 1.54) is 63.4 Å². The van der Waals surface area contributed by atoms with Crippen molar-refractivity contribution in [1.82, 2.24) is 4.90 Å². The van der Waals surface area contributed by atoms with Gasteiger partial charge in [0.25, 0.3) is 0 Å². The molecule has 0 aliphatic heterocycles. The van der Waals surface area contributed by atoms with Crippen LogP contribution in [0, 0.1) is 11.3 Å². The summed E-state index contributed by atoms with van der Waals surface area (Å²) in [6.07, 6.45) is 10.1. The summed E-state index contributed by atoms with van der Waals surface area (Å²) in [5, 5.41) is 1.21. The van der Waals surface area contributed by atoms with Gasteiger partial charge in [-0.2, -0.15) is 0 Å². The molecule has 0 radical (unpaired) electrons. The number of nitrogens with zero attached hydrogens (tertiary/aromatic N) is 1. The largest absolute Gasteiger partial charge is 0.300 e. The lowest BCUT2D eigenvalue weighted by Gasteiger charge is -2.32. The Labute approximate surface area is 115 Å². The summed E-state index contributed by atoms with van der Waals surface area (Å²) in [4.78, 5) is 2.83. The molecule has 0 heterocycles. The molecular weight excluding hydrogens is 274 g/mol. The van der Waals surface area contributed by atoms with Crippen molar-refractivity contribution in [2.45, 2.75) is 64.8 Å². The van der Waals surface area contributed by atoms with E-state index < -0.39 is 0 Å². The van der Waals surface area contributed by atoms with Gasteiger partial charge < -0.3 is 0 Å². The van der Waals surface area contributed by atoms with Gasteiger partial charge in [0.15, 0.2) is 0 Å². The van der Waals surface area contributed by atoms with Crippen molar-refractivity contribution in [2.75, 3.05) is 18.4 Å². The second-order valence-electron chi connectivity index (χ2n) is 6.72. The Morgan fingerprint density at radius 3 is 2.35 bits per heavy atom. The van der Waals surface area contributed by atoms with E-state index >= 15 is 0 Å². The van der Waals surface area contributed by atoms with Crippen LogP contribution in [-0.2, 0) is 0 Å². The Morgan fingerprint density at radius 1 is 1.24 bits per heavy atom. The maximum atomic E-state index is 3.72. The van der Waals surface area contributed by atoms with E-state index in [9.17, 15) is 0 Å². The summed E-state index contributed by atoms with van der Waals surface area (Å²) in [5.41, 5.74) is 0.652. The maximum Gasteiger partial charge on any atom is 0.0100 e. The van der Waals surface area contributed by atoms with E-state index in [4.69, 9.17) is 0 Å². The molecule has 2 saturated carbocycles. The van der Waals surface area contributed by atoms with Crippen molar-refractivity contribution in [3.63, 3.8) is 0 Å². The molecule has 0 unspecified atom stereocenters. The van der Waals surface area contributed by atoms with E-state index in [-0.39, 0.29) is 0 Å². The highest BCUT2D eigenvalue weighted by atomic mass is 79.9. The predicted molar refractivity (Wildman–Crippen MR) is 78.7 cm³/mol. The Bertz CT molecular complexity index is 229. The number of halogens is 1. The summed E-state index contributed by atoms with van der Waals surface area (Å²) in [6, 6.07) is 0.908. The third-order valence-electron chi connectivity index (χ3n) is 4.61. The molecule has 0 aromatic heterocycles. The summed E-state index contributed by atoms with van der Waals surface area (Å²) in [7, 11) is 0. The fraction of sp³-hybridized carbons (Fsp3) is 1.00. The molecular formula is C15H28BrN. The molecule has 0 aromatic rings. The zero-order chi connectivity index (χ0) is 12.3. The molecule has 0 atom stereocenters. The third kappa shape index (κ3) is 3.96. The average molecular weight is 302 g/mol. The van der Waals surface area contributed by atoms with Crippen LogP contribution in [0.25, 0.3) is 0 Å². The Hall–Kier alpha value is 0.440. The second-order valence-corrected chi connectivity index (χ2v) is 7.29. The predicted octanol–water partition coefficient (Wildman–Crippen LogP) is 4.45. The van der Waals surface area contributed by atoms with Crippen LogP contribution in [0.15, 0.2) is 0 Å². The number of rotatable bonds is 7. The minimum Gasteiger partial charge on any atom is -0.300 e. The fourth-order valence-corrected chi connectivity index (χ4v) is 3.76. The topological polar surface area (TPSA) is 3.24 Å². The molecule has 0 amide bonds. The van der Waals surface area contributed by atoms with Crippen molar-refractivity contribution < 1.29 is 0 Å². The van der Waals surface area contributed by atoms with Crippen LogP contribution in [-0.4, -0.2) is 29.4 Å². The maximum absolute atomic E-state index is 3.72. The van der Waals surface area contributed by atoms with Crippen LogP contribution >= 0.6 is 15.9 Å². The van der Waals surface area contributed by atoms with Gasteiger partial charge >= 0.3 is 0 Å². The van der Waals surface area contributed by atoms with Crippen LogP contribution in [0.5, 0.6) is 0 Å². The van der Waals surface area contributed by atoms with Gasteiger partial charge in [-0.25, -0.2) is 0 Å². The molecule has 2 rings (SSSR count). The summed E-state index contributed by atoms with van der Waals surface area (Å²) >= 11 is 3.72. The first-order valence-electron chi connectivity index (χ1n) is 7.45. The lowest BCUT2D eigenvalue weighted by molar-refractivity contribution is 0.158. The second kappa shape index (κ2) is 6.06. The molecule has 0 aromatic carbocycles. The molecule has 0 N–H and O–H groups in total. The standard InChI is InChI=1S/C15H28BrN/c1-13(2)7-10-17(14-5-3-4-6-14)12-15(11-16)8-9-15/h13-14H,3-12H2,1-2H3. The van der Waals surface area contributed by atoms with Gasteiger partial charge in [-0.15, -0.1) is 0 Å². The molecule has 0 spiro atoms. The normalized spacial score (nSPS) is 23.8. The van der Waals surface area contributed by atoms with Crippen LogP contribution in [0.2, 0.25) is 0 Å². The monoisotopic (exact) mass is 301 g/mol. The first kappa shape index (κ1) is 13.9. The van der Waals surface area contributed by atoms with E-state index in [1.807, 2.05) is 0 Å². The van der Waals surface area contributed by atoms with E-state index in [0.717, 1.165) is 12.0 Å². The summed E-state index contributed by atoms with van der Waals surface area (Å²) in [5.74, 6) is 0.845. The summed E-state index contributed by atoms with van der Waals surface area (Å²) < 4.78 is 0. The SMILES string of the molecule is CC(C)CCN(CC1(CBr)CC1)C1CCCC1. The first-order chi connectivity index (χ1) is 8.15. The van der Waals surface area contributed by atoms with Crippen molar-refractivity contribution in [3.05, 3.63) is 0 Å². The van der Waals surface area contributed by atoms with Gasteiger partial charge in [-0.1, -0.05) is 42.6 Å². The van der Waals surface area contributed by atoms with Crippen LogP contribution in [0.4, 0.5) is 0 Å². The molecule has 100 valence electrons. The zero-order valence-electron chi connectivity index (χ0n) is 11.6. The molecule has 1 nitrogen and oxygen atoms in total. The van der Waals surface area contributed by atoms with Crippen molar-refractivity contribution in [1.29, 1.82) is 0 Å². The Morgan fingerprint density at radius 2 is 1.88 bits per heavy atom. The van der Waals surface area contributed by atoms with Gasteiger partial charge in [0.2, 0.25) is 0 Å². The quantitative estimate of drug-likeness (QED) is 0.628. The van der Waals surface area contributed by atoms with Gasteiger partial charge in [0.05, 0.1) is 0 Å². The minimum absolute atomic E-state index is 0.652. The van der Waals surface area contributed by atoms with Gasteiger partial charge in [0, 0.05) is 17.9 Å². The van der Waals surface area contributed by atoms with Crippen LogP contribution in [0.1, 0.15) is 58.8 Å². The highest BCUT2D eigenvalue weighted by Crippen LogP contribution is 2.48. The Kier molecular flexibility index (Phi) is 4.94. The number of hydrogen-bond acceptors (Lipinski definition) is 1. The molecule has 2 aliphatic carbocycles. The fourth-order valence-electron chi connectivity index (χ4n) is 3.03. The molecule has 0 saturated heterocycles. The number of hydrogen-bond donors (Lipinski definition) is 0. The van der Waals surface area contributed by atoms with Gasteiger partial charge in [-0.3, -0.25) is 4.90 Å². The molecule has 2 heteroatoms. The molecule has 2 fully saturated rings. The van der Waals surface area contributed by atoms with Crippen molar-refractivity contribution >= 4 is 15.9 Å². The van der Waals surface area contributed by atoms with Crippen molar-refractivity contribution in [3.8, 4) is 0 Å². The zero-order valence-corrected chi connectivity index (χ0v) is 13.1. The number of alkyl halides is 1. The highest BCUT2D eigenvalue weighted by molar-refractivity contribution is 9.09. The van der Waals surface area contributed by atoms with Crippen molar-refractivity contribution in [2.24, 2.45) is 11.3 Å². The van der Waals surface area contributed by atoms with Crippen LogP contribution in [0.3, 0.4) is 0 Å². The Balaban J connectivity index is 1.86. The highest BCUT2D eigenvalue weighted by Gasteiger charge is 2.43. The molecule has 2 aliphatic rings. The van der Waals surface area contributed by atoms with Gasteiger partial charge in [0.1, 0.15) is 0 Å². The van der Waals surface area contributed by atoms with E-state index in [0.29, 0.717) is 5.41 Å². The van der Waals surface area contributed by atoms with Gasteiger partial charge in [-0.05, 0) is 50.0 Å². The first-order valence-corrected chi connectivity index (χ1v) is 8.57. The average Bonchev–Trinajstić information content (AvgIpc) is 2.87.